The van der Waals surface area contributed by atoms with Crippen molar-refractivity contribution in [3.63, 3.8) is 0 Å². The van der Waals surface area contributed by atoms with Gasteiger partial charge in [0.1, 0.15) is 5.75 Å². The fourth-order valence-corrected chi connectivity index (χ4v) is 4.65. The number of hydrogen-bond donors (Lipinski definition) is 1. The van der Waals surface area contributed by atoms with Crippen LogP contribution in [0.15, 0.2) is 18.2 Å². The van der Waals surface area contributed by atoms with E-state index in [1.807, 2.05) is 18.2 Å². The number of likely N-dealkylation sites (tertiary alicyclic amines) is 1. The Morgan fingerprint density at radius 2 is 1.96 bits per heavy atom. The molecule has 27 heavy (non-hydrogen) atoms. The number of fused-ring (bicyclic) bond motifs is 1. The van der Waals surface area contributed by atoms with Crippen LogP contribution in [0.25, 0.3) is 0 Å². The van der Waals surface area contributed by atoms with Gasteiger partial charge in [0.2, 0.25) is 10.0 Å². The molecule has 8 heteroatoms. The Hall–Kier alpha value is -1.80. The second-order valence-corrected chi connectivity index (χ2v) is 9.46. The predicted octanol–water partition coefficient (Wildman–Crippen LogP) is 2.55. The number of benzene rings is 1. The summed E-state index contributed by atoms with van der Waals surface area (Å²) in [5.41, 5.74) is 2.21. The minimum absolute atomic E-state index is 0.434. The largest absolute Gasteiger partial charge is 0.494 e. The lowest BCUT2D eigenvalue weighted by Gasteiger charge is -2.30. The fourth-order valence-electron chi connectivity index (χ4n) is 3.85. The van der Waals surface area contributed by atoms with Crippen LogP contribution in [0.2, 0.25) is 0 Å². The maximum Gasteiger partial charge on any atom is 0.407 e. The fraction of sp³-hybridized carbons (Fsp3) is 0.632. The summed E-state index contributed by atoms with van der Waals surface area (Å²) in [5, 5.41) is 8.98. The maximum atomic E-state index is 11.7. The Morgan fingerprint density at radius 3 is 2.63 bits per heavy atom. The van der Waals surface area contributed by atoms with Crippen LogP contribution >= 0.6 is 0 Å². The van der Waals surface area contributed by atoms with Crippen LogP contribution in [0.4, 0.5) is 4.79 Å². The monoisotopic (exact) mass is 396 g/mol. The number of piperidine rings is 1. The minimum atomic E-state index is -3.15. The van der Waals surface area contributed by atoms with Crippen LogP contribution in [-0.2, 0) is 23.0 Å². The topological polar surface area (TPSA) is 87.2 Å². The summed E-state index contributed by atoms with van der Waals surface area (Å²) in [6.07, 6.45) is 5.02. The first-order valence-corrected chi connectivity index (χ1v) is 11.4. The quantitative estimate of drug-likeness (QED) is 0.747. The number of sulfonamides is 1. The van der Waals surface area contributed by atoms with Crippen molar-refractivity contribution >= 4 is 16.1 Å². The van der Waals surface area contributed by atoms with Crippen molar-refractivity contribution in [3.8, 4) is 5.75 Å². The molecular formula is C19H28N2O5S. The number of ether oxygens (including phenoxy) is 1. The zero-order valence-electron chi connectivity index (χ0n) is 15.8. The van der Waals surface area contributed by atoms with Gasteiger partial charge in [-0.15, -0.1) is 0 Å². The van der Waals surface area contributed by atoms with Crippen LogP contribution in [0, 0.1) is 5.92 Å². The predicted molar refractivity (Wildman–Crippen MR) is 102 cm³/mol. The first-order chi connectivity index (χ1) is 12.8. The molecule has 1 aromatic carbocycles. The molecule has 0 spiro atoms. The Bertz CT molecular complexity index is 772. The van der Waals surface area contributed by atoms with Crippen LogP contribution in [-0.4, -0.2) is 61.3 Å². The third-order valence-corrected chi connectivity index (χ3v) is 6.78. The third-order valence-electron chi connectivity index (χ3n) is 5.53. The smallest absolute Gasteiger partial charge is 0.407 e. The zero-order valence-corrected chi connectivity index (χ0v) is 16.6. The van der Waals surface area contributed by atoms with Crippen molar-refractivity contribution in [3.05, 3.63) is 29.3 Å². The van der Waals surface area contributed by atoms with Gasteiger partial charge in [0, 0.05) is 26.2 Å². The zero-order chi connectivity index (χ0) is 19.4. The lowest BCUT2D eigenvalue weighted by atomic mass is 9.92. The van der Waals surface area contributed by atoms with Gasteiger partial charge in [-0.05, 0) is 61.3 Å². The molecule has 0 radical (unpaired) electrons. The van der Waals surface area contributed by atoms with Crippen molar-refractivity contribution in [1.29, 1.82) is 0 Å². The molecule has 1 N–H and O–H groups in total. The second kappa shape index (κ2) is 8.48. The SMILES string of the molecule is CS(=O)(=O)N1CCc2cc(OCCCC3CCN(C(=O)O)CC3)ccc2C1. The number of nitrogens with zero attached hydrogens (tertiary/aromatic N) is 2. The van der Waals surface area contributed by atoms with Gasteiger partial charge in [-0.3, -0.25) is 0 Å². The molecule has 0 saturated carbocycles. The molecule has 0 atom stereocenters. The normalized spacial score (nSPS) is 18.9. The maximum absolute atomic E-state index is 11.7. The Morgan fingerprint density at radius 1 is 1.22 bits per heavy atom. The van der Waals surface area contributed by atoms with Crippen molar-refractivity contribution < 1.29 is 23.1 Å². The van der Waals surface area contributed by atoms with Gasteiger partial charge in [0.25, 0.3) is 0 Å². The second-order valence-electron chi connectivity index (χ2n) is 7.48. The molecule has 150 valence electrons. The first-order valence-electron chi connectivity index (χ1n) is 9.50. The molecule has 2 heterocycles. The lowest BCUT2D eigenvalue weighted by Crippen LogP contribution is -2.37. The van der Waals surface area contributed by atoms with E-state index in [1.54, 1.807) is 0 Å². The number of amides is 1. The Balaban J connectivity index is 1.42. The van der Waals surface area contributed by atoms with E-state index in [1.165, 1.54) is 15.5 Å². The summed E-state index contributed by atoms with van der Waals surface area (Å²) < 4.78 is 30.8. The summed E-state index contributed by atoms with van der Waals surface area (Å²) in [7, 11) is -3.15. The molecular weight excluding hydrogens is 368 g/mol. The highest BCUT2D eigenvalue weighted by Crippen LogP contribution is 2.26. The molecule has 0 bridgehead atoms. The van der Waals surface area contributed by atoms with Gasteiger partial charge in [-0.25, -0.2) is 13.2 Å². The molecule has 0 aliphatic carbocycles. The van der Waals surface area contributed by atoms with Crippen LogP contribution in [0.5, 0.6) is 5.75 Å². The molecule has 0 unspecified atom stereocenters. The van der Waals surface area contributed by atoms with Crippen molar-refractivity contribution in [2.24, 2.45) is 5.92 Å². The molecule has 2 aliphatic heterocycles. The molecule has 1 fully saturated rings. The number of rotatable bonds is 6. The Kier molecular flexibility index (Phi) is 6.26. The summed E-state index contributed by atoms with van der Waals surface area (Å²) >= 11 is 0. The molecule has 1 amide bonds. The highest BCUT2D eigenvalue weighted by Gasteiger charge is 2.24. The molecule has 3 rings (SSSR count). The van der Waals surface area contributed by atoms with E-state index in [-0.39, 0.29) is 0 Å². The average Bonchev–Trinajstić information content (AvgIpc) is 2.64. The molecule has 7 nitrogen and oxygen atoms in total. The van der Waals surface area contributed by atoms with E-state index in [0.29, 0.717) is 45.1 Å². The third kappa shape index (κ3) is 5.35. The van der Waals surface area contributed by atoms with E-state index in [0.717, 1.165) is 42.6 Å². The molecule has 0 aromatic heterocycles. The van der Waals surface area contributed by atoms with Crippen LogP contribution in [0.1, 0.15) is 36.8 Å². The number of carboxylic acid groups (broad SMARTS) is 1. The number of carbonyl (C=O) groups is 1. The molecule has 1 aromatic rings. The first kappa shape index (κ1) is 19.9. The van der Waals surface area contributed by atoms with E-state index in [4.69, 9.17) is 9.84 Å². The average molecular weight is 397 g/mol. The van der Waals surface area contributed by atoms with Gasteiger partial charge >= 0.3 is 6.09 Å². The summed E-state index contributed by atoms with van der Waals surface area (Å²) in [6.45, 7) is 2.87. The summed E-state index contributed by atoms with van der Waals surface area (Å²) in [6, 6.07) is 5.90. The van der Waals surface area contributed by atoms with E-state index in [9.17, 15) is 13.2 Å². The van der Waals surface area contributed by atoms with Gasteiger partial charge in [0.05, 0.1) is 12.9 Å². The van der Waals surface area contributed by atoms with Gasteiger partial charge in [-0.1, -0.05) is 6.07 Å². The van der Waals surface area contributed by atoms with E-state index >= 15 is 0 Å². The summed E-state index contributed by atoms with van der Waals surface area (Å²) in [4.78, 5) is 12.4. The Labute approximate surface area is 161 Å². The lowest BCUT2D eigenvalue weighted by molar-refractivity contribution is 0.121. The van der Waals surface area contributed by atoms with E-state index in [2.05, 4.69) is 0 Å². The molecule has 1 saturated heterocycles. The van der Waals surface area contributed by atoms with Crippen LogP contribution < -0.4 is 4.74 Å². The van der Waals surface area contributed by atoms with Gasteiger partial charge < -0.3 is 14.7 Å². The minimum Gasteiger partial charge on any atom is -0.494 e. The van der Waals surface area contributed by atoms with Crippen molar-refractivity contribution in [1.82, 2.24) is 9.21 Å². The number of hydrogen-bond acceptors (Lipinski definition) is 4. The van der Waals surface area contributed by atoms with Crippen LogP contribution in [0.3, 0.4) is 0 Å². The summed E-state index contributed by atoms with van der Waals surface area (Å²) in [5.74, 6) is 1.41. The highest BCUT2D eigenvalue weighted by molar-refractivity contribution is 7.88. The molecule has 2 aliphatic rings. The highest BCUT2D eigenvalue weighted by atomic mass is 32.2. The van der Waals surface area contributed by atoms with E-state index < -0.39 is 16.1 Å². The van der Waals surface area contributed by atoms with Crippen molar-refractivity contribution in [2.75, 3.05) is 32.5 Å². The van der Waals surface area contributed by atoms with Crippen molar-refractivity contribution in [2.45, 2.75) is 38.6 Å². The standard InChI is InChI=1S/C19H28N2O5S/c1-27(24,25)21-11-8-16-13-18(5-4-17(16)14-21)26-12-2-3-15-6-9-20(10-7-15)19(22)23/h4-5,13,15H,2-3,6-12,14H2,1H3,(H,22,23). The van der Waals surface area contributed by atoms with Gasteiger partial charge in [0.15, 0.2) is 0 Å². The van der Waals surface area contributed by atoms with Gasteiger partial charge in [-0.2, -0.15) is 4.31 Å².